The zero-order chi connectivity index (χ0) is 34.3. The zero-order valence-electron chi connectivity index (χ0n) is 26.7. The molecule has 0 aliphatic carbocycles. The van der Waals surface area contributed by atoms with Crippen LogP contribution in [0.2, 0.25) is 0 Å². The molecule has 3 aromatic heterocycles. The van der Waals surface area contributed by atoms with Crippen molar-refractivity contribution in [1.82, 2.24) is 19.9 Å². The number of nitrogens with one attached hydrogen (secondary N) is 1. The molecule has 6 rings (SSSR count). The van der Waals surface area contributed by atoms with Crippen molar-refractivity contribution in [2.75, 3.05) is 38.4 Å². The number of hydrogen-bond acceptors (Lipinski definition) is 7. The molecular formula is C35H31F2N5O5S. The number of amides is 1. The summed E-state index contributed by atoms with van der Waals surface area (Å²) in [5.41, 5.74) is 2.95. The van der Waals surface area contributed by atoms with Crippen molar-refractivity contribution in [1.29, 1.82) is 0 Å². The lowest BCUT2D eigenvalue weighted by Gasteiger charge is -2.22. The van der Waals surface area contributed by atoms with E-state index in [-0.39, 0.29) is 23.4 Å². The van der Waals surface area contributed by atoms with Gasteiger partial charge in [-0.3, -0.25) is 18.5 Å². The first-order valence-electron chi connectivity index (χ1n) is 14.8. The molecule has 0 saturated carbocycles. The van der Waals surface area contributed by atoms with Gasteiger partial charge in [-0.05, 0) is 67.1 Å². The number of ether oxygens (including phenoxy) is 1. The van der Waals surface area contributed by atoms with Crippen LogP contribution in [0.25, 0.3) is 44.6 Å². The van der Waals surface area contributed by atoms with Gasteiger partial charge in [0.1, 0.15) is 39.8 Å². The topological polar surface area (TPSA) is 120 Å². The van der Waals surface area contributed by atoms with Crippen LogP contribution in [0.4, 0.5) is 14.5 Å². The van der Waals surface area contributed by atoms with E-state index in [0.29, 0.717) is 50.4 Å². The number of methoxy groups -OCH3 is 1. The van der Waals surface area contributed by atoms with Gasteiger partial charge in [0.05, 0.1) is 35.1 Å². The fraction of sp³-hybridized carbons (Fsp3) is 0.200. The third-order valence-corrected chi connectivity index (χ3v) is 9.15. The Kier molecular flexibility index (Phi) is 8.91. The predicted octanol–water partition coefficient (Wildman–Crippen LogP) is 5.78. The number of benzene rings is 3. The summed E-state index contributed by atoms with van der Waals surface area (Å²) >= 11 is 0. The fourth-order valence-corrected chi connectivity index (χ4v) is 6.19. The van der Waals surface area contributed by atoms with E-state index in [4.69, 9.17) is 14.1 Å². The maximum atomic E-state index is 14.2. The lowest BCUT2D eigenvalue weighted by molar-refractivity contribution is 0.0964. The van der Waals surface area contributed by atoms with E-state index in [0.717, 1.165) is 0 Å². The molecule has 3 aromatic carbocycles. The number of nitrogens with zero attached hydrogens (tertiary/aromatic N) is 4. The minimum atomic E-state index is -1.48. The molecule has 1 unspecified atom stereocenters. The van der Waals surface area contributed by atoms with Crippen LogP contribution in [0.1, 0.15) is 27.8 Å². The third-order valence-electron chi connectivity index (χ3n) is 8.18. The second kappa shape index (κ2) is 13.1. The maximum Gasteiger partial charge on any atom is 0.280 e. The van der Waals surface area contributed by atoms with Crippen molar-refractivity contribution >= 4 is 44.6 Å². The highest BCUT2D eigenvalue weighted by Crippen LogP contribution is 2.41. The Labute approximate surface area is 276 Å². The van der Waals surface area contributed by atoms with Gasteiger partial charge in [0.25, 0.3) is 11.5 Å². The first-order valence-corrected chi connectivity index (χ1v) is 16.3. The number of halogens is 2. The van der Waals surface area contributed by atoms with Crippen molar-refractivity contribution in [3.8, 4) is 22.6 Å². The van der Waals surface area contributed by atoms with Crippen LogP contribution in [0, 0.1) is 18.6 Å². The van der Waals surface area contributed by atoms with Gasteiger partial charge in [-0.1, -0.05) is 12.1 Å². The van der Waals surface area contributed by atoms with E-state index < -0.39 is 40.1 Å². The molecule has 0 aliphatic heterocycles. The Morgan fingerprint density at radius 3 is 2.33 bits per heavy atom. The predicted molar refractivity (Wildman–Crippen MR) is 181 cm³/mol. The molecule has 1 N–H and O–H groups in total. The number of fused-ring (bicyclic) bond motifs is 2. The summed E-state index contributed by atoms with van der Waals surface area (Å²) in [5, 5.41) is 3.08. The summed E-state index contributed by atoms with van der Waals surface area (Å²) < 4.78 is 54.9. The van der Waals surface area contributed by atoms with Crippen LogP contribution in [0.5, 0.6) is 0 Å². The number of hydrogen-bond donors (Lipinski definition) is 1. The standard InChI is InChI=1S/C35H31F2N5O5S/c1-19-39-27-15-14-26(40-32(27)35(44)42(19)29(18-46-4)20-6-10-22(36)11-7-20)24-16-25-30(17-28(24)41(3)48(5)45)47-33(31(25)34(43)38-2)21-8-12-23(37)13-9-21/h6-17,29H,18H2,1-5H3,(H,38,43)/t29-,48?/m0/s1. The second-order valence-corrected chi connectivity index (χ2v) is 12.5. The average molecular weight is 672 g/mol. The largest absolute Gasteiger partial charge is 0.455 e. The van der Waals surface area contributed by atoms with Gasteiger partial charge in [0.2, 0.25) is 0 Å². The monoisotopic (exact) mass is 671 g/mol. The quantitative estimate of drug-likeness (QED) is 0.207. The Morgan fingerprint density at radius 2 is 1.71 bits per heavy atom. The third kappa shape index (κ3) is 5.86. The van der Waals surface area contributed by atoms with Gasteiger partial charge in [-0.15, -0.1) is 0 Å². The molecule has 6 aromatic rings. The summed E-state index contributed by atoms with van der Waals surface area (Å²) in [6, 6.07) is 17.5. The van der Waals surface area contributed by atoms with Crippen LogP contribution in [-0.2, 0) is 15.7 Å². The van der Waals surface area contributed by atoms with Crippen LogP contribution < -0.4 is 15.2 Å². The molecular weight excluding hydrogens is 640 g/mol. The van der Waals surface area contributed by atoms with E-state index in [2.05, 4.69) is 10.3 Å². The second-order valence-electron chi connectivity index (χ2n) is 11.1. The molecule has 0 saturated heterocycles. The molecule has 2 atom stereocenters. The molecule has 13 heteroatoms. The molecule has 48 heavy (non-hydrogen) atoms. The van der Waals surface area contributed by atoms with Gasteiger partial charge in [0.15, 0.2) is 5.52 Å². The summed E-state index contributed by atoms with van der Waals surface area (Å²) in [7, 11) is 3.16. The van der Waals surface area contributed by atoms with Crippen molar-refractivity contribution in [2.45, 2.75) is 13.0 Å². The van der Waals surface area contributed by atoms with Gasteiger partial charge in [0, 0.05) is 50.0 Å². The summed E-state index contributed by atoms with van der Waals surface area (Å²) in [6.07, 6.45) is 1.51. The molecule has 0 spiro atoms. The van der Waals surface area contributed by atoms with Gasteiger partial charge in [-0.25, -0.2) is 23.0 Å². The lowest BCUT2D eigenvalue weighted by atomic mass is 10.0. The van der Waals surface area contributed by atoms with Gasteiger partial charge < -0.3 is 14.5 Å². The smallest absolute Gasteiger partial charge is 0.280 e. The summed E-state index contributed by atoms with van der Waals surface area (Å²) in [5.74, 6) is -0.636. The molecule has 3 heterocycles. The number of aryl methyl sites for hydroxylation is 1. The normalized spacial score (nSPS) is 12.7. The molecule has 0 bridgehead atoms. The highest BCUT2D eigenvalue weighted by molar-refractivity contribution is 7.85. The molecule has 0 radical (unpaired) electrons. The van der Waals surface area contributed by atoms with Crippen LogP contribution in [-0.4, -0.2) is 58.7 Å². The number of rotatable bonds is 9. The number of aromatic nitrogens is 3. The molecule has 1 amide bonds. The first kappa shape index (κ1) is 32.7. The summed E-state index contributed by atoms with van der Waals surface area (Å²) in [4.78, 5) is 36.9. The van der Waals surface area contributed by atoms with Crippen LogP contribution >= 0.6 is 0 Å². The number of carbonyl (C=O) groups is 1. The van der Waals surface area contributed by atoms with E-state index >= 15 is 0 Å². The summed E-state index contributed by atoms with van der Waals surface area (Å²) in [6.45, 7) is 1.82. The number of carbonyl (C=O) groups excluding carboxylic acids is 1. The lowest BCUT2D eigenvalue weighted by Crippen LogP contribution is -2.31. The minimum Gasteiger partial charge on any atom is -0.455 e. The van der Waals surface area contributed by atoms with E-state index in [1.165, 1.54) is 65.7 Å². The molecule has 0 fully saturated rings. The Balaban J connectivity index is 1.60. The van der Waals surface area contributed by atoms with E-state index in [9.17, 15) is 22.6 Å². The Bertz CT molecular complexity index is 2270. The number of furan rings is 1. The van der Waals surface area contributed by atoms with Crippen LogP contribution in [0.15, 0.2) is 82.0 Å². The van der Waals surface area contributed by atoms with Crippen LogP contribution in [0.3, 0.4) is 0 Å². The fourth-order valence-electron chi connectivity index (χ4n) is 5.76. The Morgan fingerprint density at radius 1 is 1.04 bits per heavy atom. The minimum absolute atomic E-state index is 0.0679. The van der Waals surface area contributed by atoms with E-state index in [1.54, 1.807) is 50.4 Å². The van der Waals surface area contributed by atoms with Gasteiger partial charge >= 0.3 is 0 Å². The van der Waals surface area contributed by atoms with Crippen molar-refractivity contribution < 1.29 is 26.9 Å². The van der Waals surface area contributed by atoms with E-state index in [1.807, 2.05) is 0 Å². The highest BCUT2D eigenvalue weighted by Gasteiger charge is 2.26. The molecule has 246 valence electrons. The van der Waals surface area contributed by atoms with Gasteiger partial charge in [-0.2, -0.15) is 0 Å². The maximum absolute atomic E-state index is 14.2. The SMILES string of the molecule is CNC(=O)c1c(-c2ccc(F)cc2)oc2cc(N(C)S(C)=O)c(-c3ccc4nc(C)n([C@@H](COC)c5ccc(F)cc5)c(=O)c4n3)cc12. The average Bonchev–Trinajstić information content (AvgIpc) is 3.45. The van der Waals surface area contributed by atoms with Crippen molar-refractivity contribution in [3.05, 3.63) is 112 Å². The molecule has 10 nitrogen and oxygen atoms in total. The first-order chi connectivity index (χ1) is 23.0. The number of anilines is 1. The zero-order valence-corrected chi connectivity index (χ0v) is 27.5. The van der Waals surface area contributed by atoms with Crippen molar-refractivity contribution in [3.63, 3.8) is 0 Å². The molecule has 0 aliphatic rings. The number of pyridine rings is 1. The Hall–Kier alpha value is -5.27. The highest BCUT2D eigenvalue weighted by atomic mass is 32.2. The van der Waals surface area contributed by atoms with Crippen molar-refractivity contribution in [2.24, 2.45) is 0 Å².